The van der Waals surface area contributed by atoms with Crippen LogP contribution in [0.1, 0.15) is 30.5 Å². The fraction of sp³-hybridized carbons (Fsp3) is 0.350. The Hall–Kier alpha value is -2.33. The number of hydrogen-bond donors (Lipinski definition) is 1. The molecule has 128 valence electrons. The molecule has 0 radical (unpaired) electrons. The first kappa shape index (κ1) is 18.0. The van der Waals surface area contributed by atoms with Crippen LogP contribution in [0.15, 0.2) is 48.5 Å². The average Bonchev–Trinajstić information content (AvgIpc) is 2.58. The monoisotopic (exact) mass is 328 g/mol. The smallest absolute Gasteiger partial charge is 0.335 e. The molecule has 24 heavy (non-hydrogen) atoms. The zero-order valence-corrected chi connectivity index (χ0v) is 14.2. The highest BCUT2D eigenvalue weighted by Gasteiger charge is 2.21. The minimum atomic E-state index is -0.621. The minimum Gasteiger partial charge on any atom is -0.508 e. The second-order valence-electron chi connectivity index (χ2n) is 5.53. The maximum Gasteiger partial charge on any atom is 0.335 e. The summed E-state index contributed by atoms with van der Waals surface area (Å²) in [7, 11) is 0. The molecule has 4 heteroatoms. The molecule has 2 aromatic rings. The molecule has 0 aliphatic carbocycles. The molecule has 0 amide bonds. The Labute approximate surface area is 143 Å². The van der Waals surface area contributed by atoms with E-state index >= 15 is 0 Å². The zero-order valence-electron chi connectivity index (χ0n) is 14.2. The summed E-state index contributed by atoms with van der Waals surface area (Å²) >= 11 is 0. The summed E-state index contributed by atoms with van der Waals surface area (Å²) in [6, 6.07) is 15.4. The van der Waals surface area contributed by atoms with Crippen molar-refractivity contribution < 1.29 is 19.4 Å². The van der Waals surface area contributed by atoms with Crippen LogP contribution in [0.3, 0.4) is 0 Å². The topological polar surface area (TPSA) is 55.8 Å². The lowest BCUT2D eigenvalue weighted by atomic mass is 9.99. The summed E-state index contributed by atoms with van der Waals surface area (Å²) in [5.41, 5.74) is 2.89. The van der Waals surface area contributed by atoms with Gasteiger partial charge < -0.3 is 14.6 Å². The van der Waals surface area contributed by atoms with Crippen LogP contribution in [0.2, 0.25) is 0 Å². The number of phenols is 1. The van der Waals surface area contributed by atoms with Gasteiger partial charge in [-0.2, -0.15) is 0 Å². The van der Waals surface area contributed by atoms with Gasteiger partial charge in [-0.25, -0.2) is 4.79 Å². The van der Waals surface area contributed by atoms with Crippen molar-refractivity contribution in [2.24, 2.45) is 0 Å². The molecule has 0 saturated heterocycles. The van der Waals surface area contributed by atoms with Crippen molar-refractivity contribution in [1.29, 1.82) is 0 Å². The number of aromatic hydroxyl groups is 1. The Kier molecular flexibility index (Phi) is 6.82. The largest absolute Gasteiger partial charge is 0.508 e. The van der Waals surface area contributed by atoms with E-state index in [9.17, 15) is 9.90 Å². The highest BCUT2D eigenvalue weighted by molar-refractivity contribution is 5.75. The molecule has 2 aromatic carbocycles. The maximum absolute atomic E-state index is 12.0. The number of benzene rings is 2. The molecule has 0 bridgehead atoms. The Morgan fingerprint density at radius 3 is 2.46 bits per heavy atom. The van der Waals surface area contributed by atoms with Crippen LogP contribution in [0.5, 0.6) is 5.75 Å². The third-order valence-electron chi connectivity index (χ3n) is 3.72. The number of esters is 1. The Morgan fingerprint density at radius 1 is 1.04 bits per heavy atom. The van der Waals surface area contributed by atoms with Gasteiger partial charge in [0.05, 0.1) is 6.61 Å². The van der Waals surface area contributed by atoms with E-state index in [2.05, 4.69) is 0 Å². The molecule has 1 N–H and O–H groups in total. The Morgan fingerprint density at radius 2 is 1.79 bits per heavy atom. The van der Waals surface area contributed by atoms with Gasteiger partial charge in [-0.3, -0.25) is 0 Å². The minimum absolute atomic E-state index is 0.256. The van der Waals surface area contributed by atoms with Crippen molar-refractivity contribution in [3.63, 3.8) is 0 Å². The summed E-state index contributed by atoms with van der Waals surface area (Å²) in [6.45, 7) is 4.40. The van der Waals surface area contributed by atoms with Gasteiger partial charge in [0.15, 0.2) is 6.10 Å². The highest BCUT2D eigenvalue weighted by atomic mass is 16.6. The first-order valence-electron chi connectivity index (χ1n) is 8.27. The van der Waals surface area contributed by atoms with Crippen molar-refractivity contribution in [3.8, 4) is 5.75 Å². The van der Waals surface area contributed by atoms with E-state index in [0.29, 0.717) is 26.1 Å². The molecule has 0 aromatic heterocycles. The predicted octanol–water partition coefficient (Wildman–Crippen LogP) is 3.49. The third kappa shape index (κ3) is 5.10. The van der Waals surface area contributed by atoms with Gasteiger partial charge >= 0.3 is 5.97 Å². The van der Waals surface area contributed by atoms with Gasteiger partial charge in [0, 0.05) is 19.4 Å². The van der Waals surface area contributed by atoms with Crippen molar-refractivity contribution in [1.82, 2.24) is 0 Å². The van der Waals surface area contributed by atoms with Crippen LogP contribution in [-0.2, 0) is 27.1 Å². The first-order chi connectivity index (χ1) is 11.6. The maximum atomic E-state index is 12.0. The predicted molar refractivity (Wildman–Crippen MR) is 93.1 cm³/mol. The number of rotatable bonds is 8. The van der Waals surface area contributed by atoms with E-state index in [0.717, 1.165) is 16.7 Å². The molecular weight excluding hydrogens is 304 g/mol. The second kappa shape index (κ2) is 9.08. The molecule has 1 unspecified atom stereocenters. The SMILES string of the molecule is CCOC(=O)C(Cc1ccc(O)c(Cc2ccccc2)c1)OCC. The van der Waals surface area contributed by atoms with Gasteiger partial charge in [-0.15, -0.1) is 0 Å². The van der Waals surface area contributed by atoms with Crippen molar-refractivity contribution >= 4 is 5.97 Å². The molecular formula is C20H24O4. The fourth-order valence-corrected chi connectivity index (χ4v) is 2.58. The Balaban J connectivity index is 2.15. The zero-order chi connectivity index (χ0) is 17.4. The lowest BCUT2D eigenvalue weighted by Gasteiger charge is -2.16. The molecule has 0 aliphatic heterocycles. The number of phenolic OH excluding ortho intramolecular Hbond substituents is 1. The lowest BCUT2D eigenvalue weighted by molar-refractivity contribution is -0.156. The molecule has 0 fully saturated rings. The van der Waals surface area contributed by atoms with Crippen molar-refractivity contribution in [2.45, 2.75) is 32.8 Å². The van der Waals surface area contributed by atoms with E-state index in [4.69, 9.17) is 9.47 Å². The Bertz CT molecular complexity index is 652. The third-order valence-corrected chi connectivity index (χ3v) is 3.72. The van der Waals surface area contributed by atoms with Crippen LogP contribution in [0.25, 0.3) is 0 Å². The molecule has 2 rings (SSSR count). The second-order valence-corrected chi connectivity index (χ2v) is 5.53. The van der Waals surface area contributed by atoms with E-state index < -0.39 is 6.10 Å². The standard InChI is InChI=1S/C20H24O4/c1-3-23-19(20(22)24-4-2)14-16-10-11-18(21)17(13-16)12-15-8-6-5-7-9-15/h5-11,13,19,21H,3-4,12,14H2,1-2H3. The summed E-state index contributed by atoms with van der Waals surface area (Å²) in [5, 5.41) is 10.1. The van der Waals surface area contributed by atoms with Crippen LogP contribution in [0, 0.1) is 0 Å². The number of hydrogen-bond acceptors (Lipinski definition) is 4. The molecule has 4 nitrogen and oxygen atoms in total. The normalized spacial score (nSPS) is 11.9. The fourth-order valence-electron chi connectivity index (χ4n) is 2.58. The summed E-state index contributed by atoms with van der Waals surface area (Å²) in [6.07, 6.45) is 0.442. The lowest BCUT2D eigenvalue weighted by Crippen LogP contribution is -2.29. The van der Waals surface area contributed by atoms with Crippen LogP contribution < -0.4 is 0 Å². The van der Waals surface area contributed by atoms with E-state index in [1.807, 2.05) is 49.4 Å². The highest BCUT2D eigenvalue weighted by Crippen LogP contribution is 2.23. The number of carbonyl (C=O) groups is 1. The molecule has 0 heterocycles. The van der Waals surface area contributed by atoms with Gasteiger partial charge in [-0.05, 0) is 36.6 Å². The molecule has 0 saturated carbocycles. The van der Waals surface area contributed by atoms with Crippen LogP contribution in [0.4, 0.5) is 0 Å². The molecule has 0 aliphatic rings. The quantitative estimate of drug-likeness (QED) is 0.754. The van der Waals surface area contributed by atoms with E-state index in [-0.39, 0.29) is 11.7 Å². The van der Waals surface area contributed by atoms with E-state index in [1.165, 1.54) is 0 Å². The average molecular weight is 328 g/mol. The van der Waals surface area contributed by atoms with Gasteiger partial charge in [0.25, 0.3) is 0 Å². The summed E-state index contributed by atoms with van der Waals surface area (Å²) in [5.74, 6) is -0.0938. The molecule has 0 spiro atoms. The molecule has 1 atom stereocenters. The van der Waals surface area contributed by atoms with Gasteiger partial charge in [-0.1, -0.05) is 42.5 Å². The van der Waals surface area contributed by atoms with Gasteiger partial charge in [0.1, 0.15) is 5.75 Å². The summed E-state index contributed by atoms with van der Waals surface area (Å²) in [4.78, 5) is 12.0. The summed E-state index contributed by atoms with van der Waals surface area (Å²) < 4.78 is 10.6. The van der Waals surface area contributed by atoms with E-state index in [1.54, 1.807) is 13.0 Å². The number of ether oxygens (including phenoxy) is 2. The van der Waals surface area contributed by atoms with Crippen LogP contribution in [-0.4, -0.2) is 30.4 Å². The van der Waals surface area contributed by atoms with Crippen molar-refractivity contribution in [3.05, 3.63) is 65.2 Å². The number of carbonyl (C=O) groups excluding carboxylic acids is 1. The van der Waals surface area contributed by atoms with Crippen LogP contribution >= 0.6 is 0 Å². The van der Waals surface area contributed by atoms with Crippen molar-refractivity contribution in [2.75, 3.05) is 13.2 Å². The first-order valence-corrected chi connectivity index (χ1v) is 8.27. The van der Waals surface area contributed by atoms with Gasteiger partial charge in [0.2, 0.25) is 0 Å².